The molecule has 2 amide bonds. The molecule has 0 bridgehead atoms. The second-order valence-corrected chi connectivity index (χ2v) is 4.39. The third kappa shape index (κ3) is 4.09. The molecule has 5 nitrogen and oxygen atoms in total. The Morgan fingerprint density at radius 3 is 2.47 bits per heavy atom. The Bertz CT molecular complexity index is 318. The number of urea groups is 1. The SMILES string of the molecule is CC/C(C)=C/NC(=O)N1CCC(C(=O)O)CC1. The van der Waals surface area contributed by atoms with Crippen LogP contribution in [-0.4, -0.2) is 35.1 Å². The first-order valence-corrected chi connectivity index (χ1v) is 5.98. The first kappa shape index (κ1) is 13.5. The number of rotatable bonds is 3. The van der Waals surface area contributed by atoms with Crippen molar-refractivity contribution in [3.8, 4) is 0 Å². The minimum absolute atomic E-state index is 0.137. The molecule has 96 valence electrons. The van der Waals surface area contributed by atoms with Crippen molar-refractivity contribution < 1.29 is 14.7 Å². The molecule has 1 saturated heterocycles. The largest absolute Gasteiger partial charge is 0.481 e. The maximum Gasteiger partial charge on any atom is 0.321 e. The second-order valence-electron chi connectivity index (χ2n) is 4.39. The van der Waals surface area contributed by atoms with Gasteiger partial charge in [0.25, 0.3) is 0 Å². The number of amides is 2. The summed E-state index contributed by atoms with van der Waals surface area (Å²) in [4.78, 5) is 24.1. The van der Waals surface area contributed by atoms with Crippen molar-refractivity contribution >= 4 is 12.0 Å². The number of hydrogen-bond donors (Lipinski definition) is 2. The molecule has 0 aromatic rings. The first-order valence-electron chi connectivity index (χ1n) is 5.98. The highest BCUT2D eigenvalue weighted by Crippen LogP contribution is 2.17. The van der Waals surface area contributed by atoms with Crippen LogP contribution >= 0.6 is 0 Å². The number of carbonyl (C=O) groups excluding carboxylic acids is 1. The van der Waals surface area contributed by atoms with Crippen LogP contribution in [0.4, 0.5) is 4.79 Å². The molecular formula is C12H20N2O3. The number of allylic oxidation sites excluding steroid dienone is 1. The van der Waals surface area contributed by atoms with Crippen LogP contribution in [0, 0.1) is 5.92 Å². The van der Waals surface area contributed by atoms with Crippen LogP contribution in [0.3, 0.4) is 0 Å². The highest BCUT2D eigenvalue weighted by Gasteiger charge is 2.26. The van der Waals surface area contributed by atoms with E-state index in [0.717, 1.165) is 12.0 Å². The van der Waals surface area contributed by atoms with Gasteiger partial charge in [-0.15, -0.1) is 0 Å². The number of hydrogen-bond acceptors (Lipinski definition) is 2. The highest BCUT2D eigenvalue weighted by atomic mass is 16.4. The van der Waals surface area contributed by atoms with Gasteiger partial charge in [-0.3, -0.25) is 4.79 Å². The van der Waals surface area contributed by atoms with E-state index in [9.17, 15) is 9.59 Å². The molecular weight excluding hydrogens is 220 g/mol. The summed E-state index contributed by atoms with van der Waals surface area (Å²) in [5.41, 5.74) is 1.11. The van der Waals surface area contributed by atoms with Gasteiger partial charge in [0.05, 0.1) is 5.92 Å². The summed E-state index contributed by atoms with van der Waals surface area (Å²) in [6.45, 7) is 5.01. The Kier molecular flexibility index (Phi) is 5.00. The van der Waals surface area contributed by atoms with Crippen molar-refractivity contribution in [3.05, 3.63) is 11.8 Å². The van der Waals surface area contributed by atoms with Crippen LogP contribution in [0.15, 0.2) is 11.8 Å². The van der Waals surface area contributed by atoms with E-state index >= 15 is 0 Å². The minimum atomic E-state index is -0.758. The lowest BCUT2D eigenvalue weighted by atomic mass is 9.97. The van der Waals surface area contributed by atoms with Gasteiger partial charge in [-0.05, 0) is 26.2 Å². The molecule has 0 spiro atoms. The van der Waals surface area contributed by atoms with Gasteiger partial charge in [-0.25, -0.2) is 4.79 Å². The van der Waals surface area contributed by atoms with Crippen molar-refractivity contribution in [2.24, 2.45) is 5.92 Å². The average molecular weight is 240 g/mol. The molecule has 0 saturated carbocycles. The summed E-state index contributed by atoms with van der Waals surface area (Å²) in [5.74, 6) is -1.06. The smallest absolute Gasteiger partial charge is 0.321 e. The molecule has 0 radical (unpaired) electrons. The van der Waals surface area contributed by atoms with Crippen LogP contribution in [-0.2, 0) is 4.79 Å². The molecule has 17 heavy (non-hydrogen) atoms. The molecule has 0 aliphatic carbocycles. The first-order chi connectivity index (χ1) is 8.04. The predicted octanol–water partition coefficient (Wildman–Crippen LogP) is 1.81. The van der Waals surface area contributed by atoms with Gasteiger partial charge in [0.2, 0.25) is 0 Å². The fourth-order valence-electron chi connectivity index (χ4n) is 1.71. The van der Waals surface area contributed by atoms with E-state index in [1.54, 1.807) is 11.1 Å². The Labute approximate surface area is 101 Å². The minimum Gasteiger partial charge on any atom is -0.481 e. The fourth-order valence-corrected chi connectivity index (χ4v) is 1.71. The van der Waals surface area contributed by atoms with Crippen LogP contribution in [0.25, 0.3) is 0 Å². The number of piperidine rings is 1. The predicted molar refractivity (Wildman–Crippen MR) is 64.5 cm³/mol. The summed E-state index contributed by atoms with van der Waals surface area (Å²) in [6.07, 6.45) is 3.70. The van der Waals surface area contributed by atoms with Crippen LogP contribution < -0.4 is 5.32 Å². The molecule has 2 N–H and O–H groups in total. The molecule has 1 aliphatic rings. The van der Waals surface area contributed by atoms with Crippen molar-refractivity contribution in [1.82, 2.24) is 10.2 Å². The summed E-state index contributed by atoms with van der Waals surface area (Å²) in [5, 5.41) is 11.6. The van der Waals surface area contributed by atoms with E-state index in [4.69, 9.17) is 5.11 Å². The van der Waals surface area contributed by atoms with Crippen LogP contribution in [0.5, 0.6) is 0 Å². The Hall–Kier alpha value is -1.52. The van der Waals surface area contributed by atoms with E-state index in [1.807, 2.05) is 13.8 Å². The zero-order valence-electron chi connectivity index (χ0n) is 10.4. The number of carboxylic acids is 1. The lowest BCUT2D eigenvalue weighted by Crippen LogP contribution is -2.44. The van der Waals surface area contributed by atoms with E-state index in [2.05, 4.69) is 5.32 Å². The summed E-state index contributed by atoms with van der Waals surface area (Å²) in [6, 6.07) is -0.137. The zero-order chi connectivity index (χ0) is 12.8. The molecule has 0 aromatic heterocycles. The van der Waals surface area contributed by atoms with Crippen molar-refractivity contribution in [1.29, 1.82) is 0 Å². The maximum absolute atomic E-state index is 11.7. The lowest BCUT2D eigenvalue weighted by Gasteiger charge is -2.29. The maximum atomic E-state index is 11.7. The van der Waals surface area contributed by atoms with Crippen molar-refractivity contribution in [2.75, 3.05) is 13.1 Å². The van der Waals surface area contributed by atoms with Gasteiger partial charge in [0, 0.05) is 19.3 Å². The number of likely N-dealkylation sites (tertiary alicyclic amines) is 1. The molecule has 1 heterocycles. The van der Waals surface area contributed by atoms with Crippen molar-refractivity contribution in [3.63, 3.8) is 0 Å². The van der Waals surface area contributed by atoms with Gasteiger partial charge in [0.1, 0.15) is 0 Å². The number of aliphatic carboxylic acids is 1. The Balaban J connectivity index is 2.38. The van der Waals surface area contributed by atoms with Gasteiger partial charge in [0.15, 0.2) is 0 Å². The summed E-state index contributed by atoms with van der Waals surface area (Å²) >= 11 is 0. The summed E-state index contributed by atoms with van der Waals surface area (Å²) < 4.78 is 0. The lowest BCUT2D eigenvalue weighted by molar-refractivity contribution is -0.143. The highest BCUT2D eigenvalue weighted by molar-refractivity contribution is 5.76. The molecule has 1 fully saturated rings. The van der Waals surface area contributed by atoms with Crippen LogP contribution in [0.1, 0.15) is 33.1 Å². The summed E-state index contributed by atoms with van der Waals surface area (Å²) in [7, 11) is 0. The number of carboxylic acid groups (broad SMARTS) is 1. The number of carbonyl (C=O) groups is 2. The van der Waals surface area contributed by atoms with E-state index in [-0.39, 0.29) is 11.9 Å². The monoisotopic (exact) mass is 240 g/mol. The molecule has 1 aliphatic heterocycles. The van der Waals surface area contributed by atoms with E-state index in [0.29, 0.717) is 25.9 Å². The Morgan fingerprint density at radius 1 is 1.41 bits per heavy atom. The average Bonchev–Trinajstić information content (AvgIpc) is 2.35. The molecule has 0 unspecified atom stereocenters. The molecule has 0 aromatic carbocycles. The fraction of sp³-hybridized carbons (Fsp3) is 0.667. The number of nitrogens with one attached hydrogen (secondary N) is 1. The molecule has 0 atom stereocenters. The molecule has 5 heteroatoms. The van der Waals surface area contributed by atoms with E-state index < -0.39 is 5.97 Å². The second kappa shape index (κ2) is 6.27. The van der Waals surface area contributed by atoms with Gasteiger partial charge >= 0.3 is 12.0 Å². The third-order valence-corrected chi connectivity index (χ3v) is 3.13. The Morgan fingerprint density at radius 2 is 2.00 bits per heavy atom. The standard InChI is InChI=1S/C12H20N2O3/c1-3-9(2)8-13-12(17)14-6-4-10(5-7-14)11(15)16/h8,10H,3-7H2,1-2H3,(H,13,17)(H,15,16)/b9-8+. The van der Waals surface area contributed by atoms with Crippen molar-refractivity contribution in [2.45, 2.75) is 33.1 Å². The third-order valence-electron chi connectivity index (χ3n) is 3.13. The van der Waals surface area contributed by atoms with E-state index in [1.165, 1.54) is 0 Å². The zero-order valence-corrected chi connectivity index (χ0v) is 10.4. The normalized spacial score (nSPS) is 18.0. The van der Waals surface area contributed by atoms with Gasteiger partial charge < -0.3 is 15.3 Å². The molecule has 1 rings (SSSR count). The topological polar surface area (TPSA) is 69.6 Å². The van der Waals surface area contributed by atoms with Gasteiger partial charge in [-0.1, -0.05) is 12.5 Å². The quantitative estimate of drug-likeness (QED) is 0.790. The number of nitrogens with zero attached hydrogens (tertiary/aromatic N) is 1. The van der Waals surface area contributed by atoms with Gasteiger partial charge in [-0.2, -0.15) is 0 Å². The van der Waals surface area contributed by atoms with Crippen LogP contribution in [0.2, 0.25) is 0 Å².